The fourth-order valence-corrected chi connectivity index (χ4v) is 3.62. The molecule has 0 radical (unpaired) electrons. The zero-order valence-corrected chi connectivity index (χ0v) is 13.3. The molecule has 0 saturated heterocycles. The maximum atomic E-state index is 11.7. The molecular weight excluding hydrogens is 282 g/mol. The number of carbonyl (C=O) groups excluding carboxylic acids is 1. The van der Waals surface area contributed by atoms with E-state index in [1.54, 1.807) is 13.2 Å². The Morgan fingerprint density at radius 3 is 2.71 bits per heavy atom. The van der Waals surface area contributed by atoms with Crippen molar-refractivity contribution in [3.63, 3.8) is 0 Å². The molecule has 0 heterocycles. The molecule has 114 valence electrons. The molecule has 1 saturated carbocycles. The highest BCUT2D eigenvalue weighted by atomic mass is 32.2. The molecule has 1 aliphatic rings. The Labute approximate surface area is 131 Å². The molecule has 0 aliphatic heterocycles. The number of hydrogen-bond donors (Lipinski definition) is 1. The summed E-state index contributed by atoms with van der Waals surface area (Å²) < 4.78 is 5.10. The number of rotatable bonds is 7. The van der Waals surface area contributed by atoms with Gasteiger partial charge in [0, 0.05) is 23.6 Å². The Morgan fingerprint density at radius 2 is 2.05 bits per heavy atom. The van der Waals surface area contributed by atoms with Crippen LogP contribution in [0.15, 0.2) is 30.3 Å². The lowest BCUT2D eigenvalue weighted by Gasteiger charge is -2.08. The van der Waals surface area contributed by atoms with Crippen LogP contribution in [-0.4, -0.2) is 30.6 Å². The van der Waals surface area contributed by atoms with E-state index >= 15 is 0 Å². The Balaban J connectivity index is 1.64. The number of nitrogens with one attached hydrogen (secondary N) is 1. The van der Waals surface area contributed by atoms with Crippen LogP contribution in [-0.2, 0) is 4.79 Å². The third kappa shape index (κ3) is 5.84. The minimum absolute atomic E-state index is 0.0298. The van der Waals surface area contributed by atoms with Crippen LogP contribution in [0, 0.1) is 0 Å². The van der Waals surface area contributed by atoms with E-state index in [2.05, 4.69) is 5.32 Å². The second-order valence-electron chi connectivity index (χ2n) is 5.17. The molecule has 1 N–H and O–H groups in total. The average Bonchev–Trinajstić information content (AvgIpc) is 3.03. The highest BCUT2D eigenvalue weighted by Crippen LogP contribution is 2.28. The first kappa shape index (κ1) is 16.0. The molecule has 1 amide bonds. The van der Waals surface area contributed by atoms with Gasteiger partial charge in [-0.2, -0.15) is 11.8 Å². The van der Waals surface area contributed by atoms with E-state index in [1.165, 1.54) is 25.7 Å². The maximum absolute atomic E-state index is 11.7. The van der Waals surface area contributed by atoms with Crippen LogP contribution in [0.25, 0.3) is 6.08 Å². The number of ether oxygens (including phenoxy) is 1. The van der Waals surface area contributed by atoms with Crippen molar-refractivity contribution < 1.29 is 9.53 Å². The quantitative estimate of drug-likeness (QED) is 0.619. The minimum atomic E-state index is -0.0298. The molecule has 4 heteroatoms. The number of methoxy groups -OCH3 is 1. The Morgan fingerprint density at radius 1 is 1.33 bits per heavy atom. The van der Waals surface area contributed by atoms with Gasteiger partial charge in [0.15, 0.2) is 0 Å². The van der Waals surface area contributed by atoms with Gasteiger partial charge in [-0.3, -0.25) is 4.79 Å². The van der Waals surface area contributed by atoms with E-state index in [4.69, 9.17) is 4.74 Å². The number of thioether (sulfide) groups is 1. The van der Waals surface area contributed by atoms with Crippen molar-refractivity contribution in [3.05, 3.63) is 35.9 Å². The second kappa shape index (κ2) is 8.78. The summed E-state index contributed by atoms with van der Waals surface area (Å²) in [5.41, 5.74) is 0.992. The zero-order chi connectivity index (χ0) is 14.9. The topological polar surface area (TPSA) is 38.3 Å². The molecule has 2 rings (SSSR count). The van der Waals surface area contributed by atoms with E-state index in [-0.39, 0.29) is 5.91 Å². The predicted octanol–water partition coefficient (Wildman–Crippen LogP) is 3.50. The van der Waals surface area contributed by atoms with Crippen molar-refractivity contribution in [2.24, 2.45) is 0 Å². The Kier molecular flexibility index (Phi) is 6.67. The standard InChI is InChI=1S/C17H23NO2S/c1-20-15-9-6-14(7-10-15)8-11-17(19)18-12-13-21-16-4-2-3-5-16/h6-11,16H,2-5,12-13H2,1H3,(H,18,19)/b11-8+. The molecule has 21 heavy (non-hydrogen) atoms. The smallest absolute Gasteiger partial charge is 0.244 e. The lowest BCUT2D eigenvalue weighted by Crippen LogP contribution is -2.24. The summed E-state index contributed by atoms with van der Waals surface area (Å²) in [6.07, 6.45) is 8.83. The molecule has 3 nitrogen and oxygen atoms in total. The average molecular weight is 305 g/mol. The van der Waals surface area contributed by atoms with Crippen LogP contribution in [0.3, 0.4) is 0 Å². The van der Waals surface area contributed by atoms with Crippen molar-refractivity contribution in [2.75, 3.05) is 19.4 Å². The molecule has 0 unspecified atom stereocenters. The largest absolute Gasteiger partial charge is 0.497 e. The van der Waals surface area contributed by atoms with Crippen LogP contribution in [0.1, 0.15) is 31.2 Å². The molecule has 0 aromatic heterocycles. The summed E-state index contributed by atoms with van der Waals surface area (Å²) in [5, 5.41) is 3.74. The lowest BCUT2D eigenvalue weighted by atomic mass is 10.2. The van der Waals surface area contributed by atoms with Gasteiger partial charge in [-0.15, -0.1) is 0 Å². The highest BCUT2D eigenvalue weighted by Gasteiger charge is 2.14. The molecule has 0 spiro atoms. The molecule has 0 atom stereocenters. The summed E-state index contributed by atoms with van der Waals surface area (Å²) in [7, 11) is 1.64. The van der Waals surface area contributed by atoms with Crippen LogP contribution in [0.5, 0.6) is 5.75 Å². The summed E-state index contributed by atoms with van der Waals surface area (Å²) in [5.74, 6) is 1.80. The molecule has 1 aromatic rings. The lowest BCUT2D eigenvalue weighted by molar-refractivity contribution is -0.116. The summed E-state index contributed by atoms with van der Waals surface area (Å²) >= 11 is 1.99. The normalized spacial score (nSPS) is 15.5. The van der Waals surface area contributed by atoms with Gasteiger partial charge in [-0.05, 0) is 36.6 Å². The number of carbonyl (C=O) groups is 1. The van der Waals surface area contributed by atoms with E-state index in [1.807, 2.05) is 42.1 Å². The van der Waals surface area contributed by atoms with Gasteiger partial charge in [-0.1, -0.05) is 25.0 Å². The Hall–Kier alpha value is -1.42. The number of amides is 1. The molecule has 0 bridgehead atoms. The fourth-order valence-electron chi connectivity index (χ4n) is 2.40. The minimum Gasteiger partial charge on any atom is -0.497 e. The van der Waals surface area contributed by atoms with Gasteiger partial charge in [-0.25, -0.2) is 0 Å². The predicted molar refractivity (Wildman–Crippen MR) is 89.8 cm³/mol. The summed E-state index contributed by atoms with van der Waals surface area (Å²) in [6, 6.07) is 7.63. The van der Waals surface area contributed by atoms with Gasteiger partial charge >= 0.3 is 0 Å². The first-order valence-electron chi connectivity index (χ1n) is 7.49. The molecule has 1 aromatic carbocycles. The van der Waals surface area contributed by atoms with Crippen LogP contribution >= 0.6 is 11.8 Å². The zero-order valence-electron chi connectivity index (χ0n) is 12.5. The van der Waals surface area contributed by atoms with E-state index < -0.39 is 0 Å². The fraction of sp³-hybridized carbons (Fsp3) is 0.471. The van der Waals surface area contributed by atoms with Gasteiger partial charge in [0.25, 0.3) is 0 Å². The Bertz CT molecular complexity index is 464. The molecule has 1 fully saturated rings. The van der Waals surface area contributed by atoms with Crippen molar-refractivity contribution in [1.29, 1.82) is 0 Å². The number of benzene rings is 1. The third-order valence-corrected chi connectivity index (χ3v) is 4.98. The van der Waals surface area contributed by atoms with Crippen LogP contribution in [0.4, 0.5) is 0 Å². The monoisotopic (exact) mass is 305 g/mol. The maximum Gasteiger partial charge on any atom is 0.244 e. The third-order valence-electron chi connectivity index (χ3n) is 3.60. The molecular formula is C17H23NO2S. The first-order chi connectivity index (χ1) is 10.3. The van der Waals surface area contributed by atoms with Gasteiger partial charge < -0.3 is 10.1 Å². The van der Waals surface area contributed by atoms with Crippen LogP contribution in [0.2, 0.25) is 0 Å². The van der Waals surface area contributed by atoms with Gasteiger partial charge in [0.1, 0.15) is 5.75 Å². The van der Waals surface area contributed by atoms with Crippen molar-refractivity contribution in [2.45, 2.75) is 30.9 Å². The second-order valence-corrected chi connectivity index (χ2v) is 6.58. The van der Waals surface area contributed by atoms with Crippen molar-refractivity contribution >= 4 is 23.7 Å². The van der Waals surface area contributed by atoms with E-state index in [9.17, 15) is 4.79 Å². The van der Waals surface area contributed by atoms with Crippen molar-refractivity contribution in [1.82, 2.24) is 5.32 Å². The van der Waals surface area contributed by atoms with Gasteiger partial charge in [0.05, 0.1) is 7.11 Å². The number of hydrogen-bond acceptors (Lipinski definition) is 3. The first-order valence-corrected chi connectivity index (χ1v) is 8.54. The highest BCUT2D eigenvalue weighted by molar-refractivity contribution is 7.99. The van der Waals surface area contributed by atoms with Crippen molar-refractivity contribution in [3.8, 4) is 5.75 Å². The SMILES string of the molecule is COc1ccc(/C=C/C(=O)NCCSC2CCCC2)cc1. The summed E-state index contributed by atoms with van der Waals surface area (Å²) in [6.45, 7) is 0.743. The van der Waals surface area contributed by atoms with Crippen LogP contribution < -0.4 is 10.1 Å². The van der Waals surface area contributed by atoms with Gasteiger partial charge in [0.2, 0.25) is 5.91 Å². The summed E-state index contributed by atoms with van der Waals surface area (Å²) in [4.78, 5) is 11.7. The van der Waals surface area contributed by atoms with E-state index in [0.717, 1.165) is 28.9 Å². The molecule has 1 aliphatic carbocycles. The van der Waals surface area contributed by atoms with E-state index in [0.29, 0.717) is 0 Å².